The molecule has 1 aliphatic rings. The van der Waals surface area contributed by atoms with E-state index in [0.29, 0.717) is 23.7 Å². The van der Waals surface area contributed by atoms with Crippen LogP contribution in [0.4, 0.5) is 5.69 Å². The fourth-order valence-electron chi connectivity index (χ4n) is 2.54. The van der Waals surface area contributed by atoms with Crippen molar-refractivity contribution < 1.29 is 19.1 Å². The van der Waals surface area contributed by atoms with E-state index >= 15 is 0 Å². The predicted octanol–water partition coefficient (Wildman–Crippen LogP) is 2.39. The third kappa shape index (κ3) is 4.09. The van der Waals surface area contributed by atoms with E-state index < -0.39 is 0 Å². The number of amides is 2. The molecule has 0 fully saturated rings. The molecule has 2 aromatic carbocycles. The Bertz CT molecular complexity index is 787. The smallest absolute Gasteiger partial charge is 0.240 e. The van der Waals surface area contributed by atoms with Gasteiger partial charge in [0.25, 0.3) is 0 Å². The first kappa shape index (κ1) is 16.8. The maximum atomic E-state index is 12.2. The molecule has 0 atom stereocenters. The Balaban J connectivity index is 1.64. The lowest BCUT2D eigenvalue weighted by Crippen LogP contribution is -2.39. The fourth-order valence-corrected chi connectivity index (χ4v) is 2.54. The highest BCUT2D eigenvalue weighted by Gasteiger charge is 2.20. The van der Waals surface area contributed by atoms with Gasteiger partial charge in [0.15, 0.2) is 11.5 Å². The van der Waals surface area contributed by atoms with Gasteiger partial charge in [0.2, 0.25) is 18.6 Å². The SMILES string of the molecule is CC(=O)N(CC(=O)NCc1ccc(C)cc1)c1ccc2c(c1)OCO2. The van der Waals surface area contributed by atoms with Crippen LogP contribution in [0.3, 0.4) is 0 Å². The zero-order valence-electron chi connectivity index (χ0n) is 14.2. The van der Waals surface area contributed by atoms with Crippen molar-refractivity contribution in [3.05, 3.63) is 53.6 Å². The molecule has 2 aromatic rings. The minimum atomic E-state index is -0.228. The van der Waals surface area contributed by atoms with Crippen molar-refractivity contribution in [2.45, 2.75) is 20.4 Å². The number of nitrogens with zero attached hydrogens (tertiary/aromatic N) is 1. The number of carbonyl (C=O) groups excluding carboxylic acids is 2. The van der Waals surface area contributed by atoms with Crippen LogP contribution in [-0.4, -0.2) is 25.2 Å². The minimum Gasteiger partial charge on any atom is -0.454 e. The summed E-state index contributed by atoms with van der Waals surface area (Å²) in [7, 11) is 0. The highest BCUT2D eigenvalue weighted by atomic mass is 16.7. The molecule has 0 unspecified atom stereocenters. The maximum Gasteiger partial charge on any atom is 0.240 e. The Kier molecular flexibility index (Phi) is 4.88. The molecule has 1 heterocycles. The van der Waals surface area contributed by atoms with Crippen LogP contribution in [0.1, 0.15) is 18.1 Å². The van der Waals surface area contributed by atoms with Gasteiger partial charge >= 0.3 is 0 Å². The number of benzene rings is 2. The largest absolute Gasteiger partial charge is 0.454 e. The minimum absolute atomic E-state index is 0.0547. The van der Waals surface area contributed by atoms with E-state index in [4.69, 9.17) is 9.47 Å². The van der Waals surface area contributed by atoms with E-state index in [1.165, 1.54) is 17.4 Å². The summed E-state index contributed by atoms with van der Waals surface area (Å²) in [5, 5.41) is 2.84. The number of nitrogens with one attached hydrogen (secondary N) is 1. The van der Waals surface area contributed by atoms with Gasteiger partial charge in [-0.15, -0.1) is 0 Å². The van der Waals surface area contributed by atoms with E-state index in [2.05, 4.69) is 5.32 Å². The predicted molar refractivity (Wildman–Crippen MR) is 93.6 cm³/mol. The van der Waals surface area contributed by atoms with E-state index in [1.54, 1.807) is 18.2 Å². The van der Waals surface area contributed by atoms with E-state index in [-0.39, 0.29) is 25.2 Å². The Hall–Kier alpha value is -3.02. The standard InChI is InChI=1S/C19H20N2O4/c1-13-3-5-15(6-4-13)10-20-19(23)11-21(14(2)22)16-7-8-17-18(9-16)25-12-24-17/h3-9H,10-12H2,1-2H3,(H,20,23). The second-order valence-electron chi connectivity index (χ2n) is 5.91. The number of ether oxygens (including phenoxy) is 2. The summed E-state index contributed by atoms with van der Waals surface area (Å²) in [6, 6.07) is 13.1. The normalized spacial score (nSPS) is 11.9. The van der Waals surface area contributed by atoms with Crippen LogP contribution in [0.15, 0.2) is 42.5 Å². The molecule has 3 rings (SSSR count). The Morgan fingerprint density at radius 2 is 1.80 bits per heavy atom. The maximum absolute atomic E-state index is 12.2. The molecule has 0 aliphatic carbocycles. The number of hydrogen-bond acceptors (Lipinski definition) is 4. The Labute approximate surface area is 146 Å². The summed E-state index contributed by atoms with van der Waals surface area (Å²) in [5.41, 5.74) is 2.78. The van der Waals surface area contributed by atoms with Gasteiger partial charge in [-0.05, 0) is 24.6 Å². The first-order valence-electron chi connectivity index (χ1n) is 8.03. The van der Waals surface area contributed by atoms with Gasteiger partial charge in [0.05, 0.1) is 0 Å². The van der Waals surface area contributed by atoms with E-state index in [1.807, 2.05) is 31.2 Å². The lowest BCUT2D eigenvalue weighted by atomic mass is 10.1. The van der Waals surface area contributed by atoms with Gasteiger partial charge in [0, 0.05) is 25.2 Å². The van der Waals surface area contributed by atoms with Crippen molar-refractivity contribution in [3.8, 4) is 11.5 Å². The summed E-state index contributed by atoms with van der Waals surface area (Å²) in [6.45, 7) is 3.97. The van der Waals surface area contributed by atoms with Crippen molar-refractivity contribution in [3.63, 3.8) is 0 Å². The number of anilines is 1. The highest BCUT2D eigenvalue weighted by molar-refractivity contribution is 5.97. The molecule has 6 nitrogen and oxygen atoms in total. The first-order valence-corrected chi connectivity index (χ1v) is 8.03. The van der Waals surface area contributed by atoms with Crippen molar-refractivity contribution in [1.82, 2.24) is 5.32 Å². The molecule has 1 N–H and O–H groups in total. The first-order chi connectivity index (χ1) is 12.0. The number of carbonyl (C=O) groups is 2. The topological polar surface area (TPSA) is 67.9 Å². The zero-order chi connectivity index (χ0) is 17.8. The van der Waals surface area contributed by atoms with Crippen LogP contribution in [0, 0.1) is 6.92 Å². The average molecular weight is 340 g/mol. The van der Waals surface area contributed by atoms with E-state index in [0.717, 1.165) is 5.56 Å². The second kappa shape index (κ2) is 7.25. The lowest BCUT2D eigenvalue weighted by molar-refractivity contribution is -0.123. The molecule has 130 valence electrons. The van der Waals surface area contributed by atoms with Gasteiger partial charge in [-0.3, -0.25) is 9.59 Å². The van der Waals surface area contributed by atoms with Crippen LogP contribution in [0.2, 0.25) is 0 Å². The Morgan fingerprint density at radius 1 is 1.08 bits per heavy atom. The van der Waals surface area contributed by atoms with Crippen molar-refractivity contribution in [2.75, 3.05) is 18.2 Å². The fraction of sp³-hybridized carbons (Fsp3) is 0.263. The van der Waals surface area contributed by atoms with Gasteiger partial charge in [-0.25, -0.2) is 0 Å². The molecule has 0 radical (unpaired) electrons. The summed E-state index contributed by atoms with van der Waals surface area (Å²) >= 11 is 0. The van der Waals surface area contributed by atoms with E-state index in [9.17, 15) is 9.59 Å². The third-order valence-corrected chi connectivity index (χ3v) is 3.96. The lowest BCUT2D eigenvalue weighted by Gasteiger charge is -2.21. The van der Waals surface area contributed by atoms with Crippen molar-refractivity contribution in [1.29, 1.82) is 0 Å². The molecule has 6 heteroatoms. The van der Waals surface area contributed by atoms with Crippen molar-refractivity contribution in [2.24, 2.45) is 0 Å². The number of hydrogen-bond donors (Lipinski definition) is 1. The molecular weight excluding hydrogens is 320 g/mol. The van der Waals surface area contributed by atoms with Crippen LogP contribution in [0.5, 0.6) is 11.5 Å². The zero-order valence-corrected chi connectivity index (χ0v) is 14.2. The van der Waals surface area contributed by atoms with Crippen LogP contribution in [-0.2, 0) is 16.1 Å². The van der Waals surface area contributed by atoms with Gasteiger partial charge in [-0.1, -0.05) is 29.8 Å². The highest BCUT2D eigenvalue weighted by Crippen LogP contribution is 2.35. The monoisotopic (exact) mass is 340 g/mol. The molecule has 0 bridgehead atoms. The second-order valence-corrected chi connectivity index (χ2v) is 5.91. The summed E-state index contributed by atoms with van der Waals surface area (Å²) in [6.07, 6.45) is 0. The molecule has 1 aliphatic heterocycles. The molecule has 0 saturated carbocycles. The quantitative estimate of drug-likeness (QED) is 0.907. The molecule has 0 saturated heterocycles. The van der Waals surface area contributed by atoms with Gasteiger partial charge < -0.3 is 19.7 Å². The average Bonchev–Trinajstić information content (AvgIpc) is 3.06. The number of rotatable bonds is 5. The summed E-state index contributed by atoms with van der Waals surface area (Å²) in [4.78, 5) is 25.6. The van der Waals surface area contributed by atoms with Crippen molar-refractivity contribution >= 4 is 17.5 Å². The molecule has 0 aromatic heterocycles. The molecular formula is C19H20N2O4. The van der Waals surface area contributed by atoms with Crippen LogP contribution in [0.25, 0.3) is 0 Å². The molecule has 2 amide bonds. The van der Waals surface area contributed by atoms with Crippen LogP contribution < -0.4 is 19.7 Å². The number of aryl methyl sites for hydroxylation is 1. The Morgan fingerprint density at radius 3 is 2.52 bits per heavy atom. The van der Waals surface area contributed by atoms with Crippen LogP contribution >= 0.6 is 0 Å². The molecule has 0 spiro atoms. The van der Waals surface area contributed by atoms with Gasteiger partial charge in [0.1, 0.15) is 6.54 Å². The van der Waals surface area contributed by atoms with Gasteiger partial charge in [-0.2, -0.15) is 0 Å². The number of fused-ring (bicyclic) bond motifs is 1. The summed E-state index contributed by atoms with van der Waals surface area (Å²) < 4.78 is 10.6. The summed E-state index contributed by atoms with van der Waals surface area (Å²) in [5.74, 6) is 0.762. The third-order valence-electron chi connectivity index (χ3n) is 3.96. The molecule has 25 heavy (non-hydrogen) atoms.